The molecular formula is C20H23Cl2SiZr. The molecule has 24 heavy (non-hydrogen) atoms. The summed E-state index contributed by atoms with van der Waals surface area (Å²) in [5.41, 5.74) is 4.11. The SMILES string of the molecule is CCc1cc2c(-c3ccc([Si](C)(C)C)cc3)cccc2[cH-]1.[Cl-].[Cl-].[Zr+3]. The summed E-state index contributed by atoms with van der Waals surface area (Å²) in [6.45, 7) is 9.41. The molecule has 0 amide bonds. The van der Waals surface area contributed by atoms with Gasteiger partial charge in [-0.3, -0.25) is 0 Å². The van der Waals surface area contributed by atoms with E-state index < -0.39 is 8.07 Å². The second kappa shape index (κ2) is 9.43. The molecule has 125 valence electrons. The van der Waals surface area contributed by atoms with Crippen molar-refractivity contribution in [2.24, 2.45) is 0 Å². The summed E-state index contributed by atoms with van der Waals surface area (Å²) >= 11 is 0. The number of rotatable bonds is 3. The first-order valence-electron chi connectivity index (χ1n) is 7.78. The van der Waals surface area contributed by atoms with Crippen LogP contribution in [0.3, 0.4) is 0 Å². The number of benzene rings is 2. The minimum absolute atomic E-state index is 0. The Kier molecular flexibility index (Phi) is 9.33. The molecule has 0 aliphatic carbocycles. The third-order valence-corrected chi connectivity index (χ3v) is 6.35. The molecule has 0 N–H and O–H groups in total. The van der Waals surface area contributed by atoms with Gasteiger partial charge < -0.3 is 24.8 Å². The van der Waals surface area contributed by atoms with Crippen LogP contribution < -0.4 is 30.0 Å². The molecular weight excluding hydrogens is 430 g/mol. The van der Waals surface area contributed by atoms with Crippen molar-refractivity contribution in [3.63, 3.8) is 0 Å². The molecule has 0 spiro atoms. The Morgan fingerprint density at radius 1 is 0.917 bits per heavy atom. The molecule has 0 unspecified atom stereocenters. The predicted octanol–water partition coefficient (Wildman–Crippen LogP) is -0.661. The van der Waals surface area contributed by atoms with Crippen LogP contribution in [0.25, 0.3) is 21.9 Å². The number of hydrogen-bond donors (Lipinski definition) is 0. The van der Waals surface area contributed by atoms with E-state index in [2.05, 4.69) is 81.2 Å². The van der Waals surface area contributed by atoms with Crippen LogP contribution in [0, 0.1) is 0 Å². The van der Waals surface area contributed by atoms with Gasteiger partial charge in [0.15, 0.2) is 0 Å². The Morgan fingerprint density at radius 2 is 1.54 bits per heavy atom. The molecule has 0 saturated heterocycles. The Morgan fingerprint density at radius 3 is 2.08 bits per heavy atom. The first kappa shape index (κ1) is 23.7. The zero-order valence-electron chi connectivity index (χ0n) is 14.7. The van der Waals surface area contributed by atoms with Crippen LogP contribution in [-0.2, 0) is 32.6 Å². The van der Waals surface area contributed by atoms with Gasteiger partial charge in [0.1, 0.15) is 0 Å². The molecule has 0 fully saturated rings. The van der Waals surface area contributed by atoms with Gasteiger partial charge >= 0.3 is 26.2 Å². The average Bonchev–Trinajstić information content (AvgIpc) is 2.89. The van der Waals surface area contributed by atoms with Crippen molar-refractivity contribution in [2.75, 3.05) is 0 Å². The first-order chi connectivity index (χ1) is 9.99. The van der Waals surface area contributed by atoms with Gasteiger partial charge in [-0.05, 0) is 12.0 Å². The number of aryl methyl sites for hydroxylation is 1. The fraction of sp³-hybridized carbons (Fsp3) is 0.250. The van der Waals surface area contributed by atoms with Crippen LogP contribution >= 0.6 is 0 Å². The molecule has 0 atom stereocenters. The monoisotopic (exact) mass is 451 g/mol. The van der Waals surface area contributed by atoms with E-state index in [9.17, 15) is 0 Å². The summed E-state index contributed by atoms with van der Waals surface area (Å²) < 4.78 is 0. The van der Waals surface area contributed by atoms with E-state index in [-0.39, 0.29) is 51.0 Å². The van der Waals surface area contributed by atoms with Crippen LogP contribution in [0.2, 0.25) is 19.6 Å². The maximum Gasteiger partial charge on any atom is 3.00 e. The van der Waals surface area contributed by atoms with Gasteiger partial charge in [-0.1, -0.05) is 67.6 Å². The van der Waals surface area contributed by atoms with Gasteiger partial charge in [-0.2, -0.15) is 6.07 Å². The summed E-state index contributed by atoms with van der Waals surface area (Å²) in [4.78, 5) is 0. The standard InChI is InChI=1S/C20H23Si.2ClH.Zr/c1-5-15-13-17-7-6-8-19(20(17)14-15)16-9-11-18(12-10-16)21(2,3)4;;;/h6-14H,5H2,1-4H3;2*1H;/q-1;;;+3/p-2. The molecule has 0 aliphatic heterocycles. The zero-order chi connectivity index (χ0) is 15.0. The number of halogens is 2. The number of hydrogen-bond acceptors (Lipinski definition) is 0. The molecule has 0 nitrogen and oxygen atoms in total. The maximum atomic E-state index is 2.40. The van der Waals surface area contributed by atoms with Gasteiger partial charge in [0.2, 0.25) is 0 Å². The first-order valence-corrected chi connectivity index (χ1v) is 11.3. The predicted molar refractivity (Wildman–Crippen MR) is 97.3 cm³/mol. The van der Waals surface area contributed by atoms with E-state index >= 15 is 0 Å². The molecule has 4 heteroatoms. The molecule has 0 aliphatic rings. The molecule has 3 rings (SSSR count). The maximum absolute atomic E-state index is 2.40. The molecule has 0 heterocycles. The fourth-order valence-corrected chi connectivity index (χ4v) is 4.07. The van der Waals surface area contributed by atoms with E-state index in [0.29, 0.717) is 0 Å². The Balaban J connectivity index is 0.00000176. The third-order valence-electron chi connectivity index (χ3n) is 4.28. The van der Waals surface area contributed by atoms with E-state index in [4.69, 9.17) is 0 Å². The smallest absolute Gasteiger partial charge is 1.00 e. The normalized spacial score (nSPS) is 10.5. The van der Waals surface area contributed by atoms with Crippen molar-refractivity contribution in [1.29, 1.82) is 0 Å². The quantitative estimate of drug-likeness (QED) is 0.365. The Hall–Kier alpha value is -0.270. The van der Waals surface area contributed by atoms with Crippen molar-refractivity contribution in [2.45, 2.75) is 33.0 Å². The summed E-state index contributed by atoms with van der Waals surface area (Å²) in [5.74, 6) is 0. The average molecular weight is 454 g/mol. The van der Waals surface area contributed by atoms with Gasteiger partial charge in [0.05, 0.1) is 8.07 Å². The van der Waals surface area contributed by atoms with E-state index in [0.717, 1.165) is 6.42 Å². The van der Waals surface area contributed by atoms with Crippen LogP contribution in [0.1, 0.15) is 12.5 Å². The topological polar surface area (TPSA) is 0 Å². The van der Waals surface area contributed by atoms with Gasteiger partial charge in [0.25, 0.3) is 0 Å². The molecule has 1 radical (unpaired) electrons. The minimum Gasteiger partial charge on any atom is -1.00 e. The van der Waals surface area contributed by atoms with Crippen LogP contribution in [0.4, 0.5) is 0 Å². The minimum atomic E-state index is -1.21. The van der Waals surface area contributed by atoms with Crippen molar-refractivity contribution < 1.29 is 51.0 Å². The van der Waals surface area contributed by atoms with Crippen molar-refractivity contribution in [3.8, 4) is 11.1 Å². The molecule has 0 bridgehead atoms. The molecule has 0 saturated carbocycles. The molecule has 3 aromatic carbocycles. The summed E-state index contributed by atoms with van der Waals surface area (Å²) in [6, 6.07) is 20.5. The van der Waals surface area contributed by atoms with Crippen LogP contribution in [0.5, 0.6) is 0 Å². The van der Waals surface area contributed by atoms with Gasteiger partial charge in [0, 0.05) is 0 Å². The summed E-state index contributed by atoms with van der Waals surface area (Å²) in [7, 11) is -1.21. The summed E-state index contributed by atoms with van der Waals surface area (Å²) in [5, 5.41) is 4.27. The van der Waals surface area contributed by atoms with Gasteiger partial charge in [-0.25, -0.2) is 0 Å². The second-order valence-corrected chi connectivity index (χ2v) is 11.9. The van der Waals surface area contributed by atoms with Crippen molar-refractivity contribution >= 4 is 24.0 Å². The van der Waals surface area contributed by atoms with E-state index in [1.807, 2.05) is 0 Å². The molecule has 3 aromatic rings. The molecule has 0 aromatic heterocycles. The largest absolute Gasteiger partial charge is 3.00 e. The van der Waals surface area contributed by atoms with E-state index in [1.165, 1.54) is 32.6 Å². The Bertz CT molecular complexity index is 770. The van der Waals surface area contributed by atoms with Crippen molar-refractivity contribution in [1.82, 2.24) is 0 Å². The third kappa shape index (κ3) is 4.88. The second-order valence-electron chi connectivity index (χ2n) is 6.85. The zero-order valence-corrected chi connectivity index (χ0v) is 19.6. The van der Waals surface area contributed by atoms with Crippen LogP contribution in [0.15, 0.2) is 54.6 Å². The van der Waals surface area contributed by atoms with Crippen LogP contribution in [-0.4, -0.2) is 8.07 Å². The fourth-order valence-electron chi connectivity index (χ4n) is 2.90. The number of fused-ring (bicyclic) bond motifs is 1. The van der Waals surface area contributed by atoms with Gasteiger partial charge in [-0.15, -0.1) is 34.5 Å². The summed E-state index contributed by atoms with van der Waals surface area (Å²) in [6.07, 6.45) is 1.10. The van der Waals surface area contributed by atoms with E-state index in [1.54, 1.807) is 0 Å². The van der Waals surface area contributed by atoms with Crippen molar-refractivity contribution in [3.05, 3.63) is 60.2 Å². The Labute approximate surface area is 178 Å².